The van der Waals surface area contributed by atoms with Gasteiger partial charge < -0.3 is 14.5 Å². The fraction of sp³-hybridized carbons (Fsp3) is 0.500. The maximum atomic E-state index is 11.8. The average molecular weight is 308 g/mol. The molecule has 21 heavy (non-hydrogen) atoms. The van der Waals surface area contributed by atoms with Crippen molar-refractivity contribution >= 4 is 23.3 Å². The van der Waals surface area contributed by atoms with Gasteiger partial charge in [-0.3, -0.25) is 4.79 Å². The van der Waals surface area contributed by atoms with Gasteiger partial charge in [0.1, 0.15) is 5.75 Å². The summed E-state index contributed by atoms with van der Waals surface area (Å²) in [5, 5.41) is 0.451. The SMILES string of the molecule is CC(C)N(C(=S)Oc1ccc(C(=O)N(C)C)cc1)C(C)C. The lowest BCUT2D eigenvalue weighted by atomic mass is 10.2. The number of rotatable bonds is 4. The zero-order valence-corrected chi connectivity index (χ0v) is 14.4. The number of hydrogen-bond donors (Lipinski definition) is 0. The molecular formula is C16H24N2O2S. The summed E-state index contributed by atoms with van der Waals surface area (Å²) in [4.78, 5) is 15.4. The summed E-state index contributed by atoms with van der Waals surface area (Å²) in [6.45, 7) is 8.31. The second kappa shape index (κ2) is 7.41. The zero-order chi connectivity index (χ0) is 16.2. The van der Waals surface area contributed by atoms with E-state index in [1.54, 1.807) is 43.3 Å². The van der Waals surface area contributed by atoms with Gasteiger partial charge >= 0.3 is 0 Å². The summed E-state index contributed by atoms with van der Waals surface area (Å²) >= 11 is 5.36. The Bertz CT molecular complexity index is 488. The average Bonchev–Trinajstić information content (AvgIpc) is 2.37. The van der Waals surface area contributed by atoms with Gasteiger partial charge in [0.2, 0.25) is 0 Å². The molecule has 0 N–H and O–H groups in total. The third-order valence-electron chi connectivity index (χ3n) is 3.04. The predicted molar refractivity (Wildman–Crippen MR) is 89.8 cm³/mol. The van der Waals surface area contributed by atoms with E-state index in [2.05, 4.69) is 27.7 Å². The van der Waals surface area contributed by atoms with Crippen LogP contribution in [-0.2, 0) is 0 Å². The molecule has 0 unspecified atom stereocenters. The third-order valence-corrected chi connectivity index (χ3v) is 3.33. The monoisotopic (exact) mass is 308 g/mol. The van der Waals surface area contributed by atoms with Gasteiger partial charge in [-0.15, -0.1) is 0 Å². The first-order valence-electron chi connectivity index (χ1n) is 7.06. The predicted octanol–water partition coefficient (Wildman–Crippen LogP) is 3.17. The summed E-state index contributed by atoms with van der Waals surface area (Å²) in [6, 6.07) is 7.56. The molecule has 0 heterocycles. The minimum Gasteiger partial charge on any atom is -0.432 e. The first kappa shape index (κ1) is 17.4. The first-order chi connectivity index (χ1) is 9.73. The quantitative estimate of drug-likeness (QED) is 0.800. The number of thiocarbonyl (C=S) groups is 1. The highest BCUT2D eigenvalue weighted by molar-refractivity contribution is 7.80. The maximum absolute atomic E-state index is 11.8. The molecule has 0 saturated carbocycles. The molecule has 0 aliphatic rings. The standard InChI is InChI=1S/C16H24N2O2S/c1-11(2)18(12(3)4)16(21)20-14-9-7-13(8-10-14)15(19)17(5)6/h7-12H,1-6H3. The van der Waals surface area contributed by atoms with Gasteiger partial charge in [0.05, 0.1) is 0 Å². The maximum Gasteiger partial charge on any atom is 0.265 e. The van der Waals surface area contributed by atoms with Gasteiger partial charge in [0.15, 0.2) is 0 Å². The minimum absolute atomic E-state index is 0.0323. The van der Waals surface area contributed by atoms with Crippen molar-refractivity contribution in [2.24, 2.45) is 0 Å². The Balaban J connectivity index is 2.80. The van der Waals surface area contributed by atoms with Crippen molar-refractivity contribution in [2.75, 3.05) is 14.1 Å². The third kappa shape index (κ3) is 4.70. The highest BCUT2D eigenvalue weighted by atomic mass is 32.1. The lowest BCUT2D eigenvalue weighted by Gasteiger charge is -2.32. The number of benzene rings is 1. The molecule has 0 bridgehead atoms. The van der Waals surface area contributed by atoms with Crippen molar-refractivity contribution in [2.45, 2.75) is 39.8 Å². The molecule has 0 fully saturated rings. The van der Waals surface area contributed by atoms with Gasteiger partial charge in [0, 0.05) is 31.7 Å². The van der Waals surface area contributed by atoms with Crippen molar-refractivity contribution < 1.29 is 9.53 Å². The number of carbonyl (C=O) groups excluding carboxylic acids is 1. The van der Waals surface area contributed by atoms with Crippen molar-refractivity contribution in [1.29, 1.82) is 0 Å². The van der Waals surface area contributed by atoms with E-state index in [0.29, 0.717) is 16.5 Å². The molecule has 0 radical (unpaired) electrons. The Morgan fingerprint density at radius 2 is 1.52 bits per heavy atom. The van der Waals surface area contributed by atoms with E-state index in [9.17, 15) is 4.79 Å². The van der Waals surface area contributed by atoms with E-state index in [0.717, 1.165) is 0 Å². The summed E-state index contributed by atoms with van der Waals surface area (Å²) in [7, 11) is 3.45. The van der Waals surface area contributed by atoms with Gasteiger partial charge in [0.25, 0.3) is 11.1 Å². The Kier molecular flexibility index (Phi) is 6.15. The fourth-order valence-electron chi connectivity index (χ4n) is 2.10. The number of carbonyl (C=O) groups is 1. The first-order valence-corrected chi connectivity index (χ1v) is 7.46. The Morgan fingerprint density at radius 3 is 1.90 bits per heavy atom. The van der Waals surface area contributed by atoms with Crippen molar-refractivity contribution in [3.05, 3.63) is 29.8 Å². The molecule has 0 spiro atoms. The van der Waals surface area contributed by atoms with E-state index >= 15 is 0 Å². The van der Waals surface area contributed by atoms with Crippen LogP contribution in [0.4, 0.5) is 0 Å². The zero-order valence-electron chi connectivity index (χ0n) is 13.6. The normalized spacial score (nSPS) is 10.7. The molecule has 1 rings (SSSR count). The van der Waals surface area contributed by atoms with Crippen LogP contribution in [0.25, 0.3) is 0 Å². The number of amides is 1. The van der Waals surface area contributed by atoms with Gasteiger partial charge in [-0.1, -0.05) is 0 Å². The lowest BCUT2D eigenvalue weighted by molar-refractivity contribution is 0.0827. The van der Waals surface area contributed by atoms with E-state index < -0.39 is 0 Å². The molecule has 1 aromatic rings. The molecule has 1 aromatic carbocycles. The molecule has 5 heteroatoms. The van der Waals surface area contributed by atoms with Gasteiger partial charge in [-0.25, -0.2) is 0 Å². The van der Waals surface area contributed by atoms with Gasteiger partial charge in [-0.2, -0.15) is 0 Å². The lowest BCUT2D eigenvalue weighted by Crippen LogP contribution is -2.43. The van der Waals surface area contributed by atoms with Crippen LogP contribution in [0.2, 0.25) is 0 Å². The smallest absolute Gasteiger partial charge is 0.265 e. The topological polar surface area (TPSA) is 32.8 Å². The summed E-state index contributed by atoms with van der Waals surface area (Å²) in [5.41, 5.74) is 0.628. The number of ether oxygens (including phenoxy) is 1. The summed E-state index contributed by atoms with van der Waals surface area (Å²) in [6.07, 6.45) is 0. The second-order valence-electron chi connectivity index (χ2n) is 5.69. The molecule has 0 aliphatic heterocycles. The van der Waals surface area contributed by atoms with Crippen molar-refractivity contribution in [3.63, 3.8) is 0 Å². The van der Waals surface area contributed by atoms with Crippen LogP contribution in [0, 0.1) is 0 Å². The van der Waals surface area contributed by atoms with Crippen LogP contribution >= 0.6 is 12.2 Å². The van der Waals surface area contributed by atoms with E-state index in [4.69, 9.17) is 17.0 Å². The number of hydrogen-bond acceptors (Lipinski definition) is 3. The van der Waals surface area contributed by atoms with E-state index in [1.807, 2.05) is 4.90 Å². The Hall–Kier alpha value is -1.62. The fourth-order valence-corrected chi connectivity index (χ4v) is 2.61. The van der Waals surface area contributed by atoms with E-state index in [1.165, 1.54) is 0 Å². The molecule has 0 aromatic heterocycles. The van der Waals surface area contributed by atoms with Crippen LogP contribution in [0.1, 0.15) is 38.1 Å². The van der Waals surface area contributed by atoms with Gasteiger partial charge in [-0.05, 0) is 64.2 Å². The Morgan fingerprint density at radius 1 is 1.05 bits per heavy atom. The van der Waals surface area contributed by atoms with E-state index in [-0.39, 0.29) is 18.0 Å². The van der Waals surface area contributed by atoms with Crippen LogP contribution in [-0.4, -0.2) is 47.1 Å². The Labute approximate surface area is 132 Å². The van der Waals surface area contributed by atoms with Crippen LogP contribution in [0.3, 0.4) is 0 Å². The molecule has 116 valence electrons. The molecular weight excluding hydrogens is 284 g/mol. The molecule has 4 nitrogen and oxygen atoms in total. The number of nitrogens with zero attached hydrogens (tertiary/aromatic N) is 2. The van der Waals surface area contributed by atoms with Crippen molar-refractivity contribution in [3.8, 4) is 5.75 Å². The minimum atomic E-state index is -0.0323. The van der Waals surface area contributed by atoms with Crippen molar-refractivity contribution in [1.82, 2.24) is 9.80 Å². The van der Waals surface area contributed by atoms with Crippen LogP contribution in [0.5, 0.6) is 5.75 Å². The molecule has 1 amide bonds. The summed E-state index contributed by atoms with van der Waals surface area (Å²) in [5.74, 6) is 0.608. The van der Waals surface area contributed by atoms with Crippen LogP contribution in [0.15, 0.2) is 24.3 Å². The highest BCUT2D eigenvalue weighted by Crippen LogP contribution is 2.16. The highest BCUT2D eigenvalue weighted by Gasteiger charge is 2.18. The molecule has 0 atom stereocenters. The molecule has 0 saturated heterocycles. The molecule has 0 aliphatic carbocycles. The van der Waals surface area contributed by atoms with Crippen LogP contribution < -0.4 is 4.74 Å². The summed E-state index contributed by atoms with van der Waals surface area (Å²) < 4.78 is 5.73. The second-order valence-corrected chi connectivity index (χ2v) is 6.04. The largest absolute Gasteiger partial charge is 0.432 e.